The van der Waals surface area contributed by atoms with E-state index >= 15 is 0 Å². The average Bonchev–Trinajstić information content (AvgIpc) is 3.22. The minimum Gasteiger partial charge on any atom is -0.483 e. The summed E-state index contributed by atoms with van der Waals surface area (Å²) in [5.74, 6) is 0.834. The van der Waals surface area contributed by atoms with Crippen molar-refractivity contribution in [2.45, 2.75) is 27.7 Å². The summed E-state index contributed by atoms with van der Waals surface area (Å²) >= 11 is 1.33. The summed E-state index contributed by atoms with van der Waals surface area (Å²) in [4.78, 5) is 29.2. The zero-order valence-corrected chi connectivity index (χ0v) is 20.9. The van der Waals surface area contributed by atoms with Crippen molar-refractivity contribution in [2.75, 3.05) is 23.8 Å². The molecular formula is C27H27N3O4S. The Labute approximate surface area is 208 Å². The number of benzene rings is 3. The fraction of sp³-hybridized carbons (Fsp3) is 0.222. The molecule has 0 radical (unpaired) electrons. The third-order valence-electron chi connectivity index (χ3n) is 5.75. The van der Waals surface area contributed by atoms with E-state index in [1.165, 1.54) is 11.3 Å². The van der Waals surface area contributed by atoms with Crippen LogP contribution < -0.4 is 20.1 Å². The molecule has 0 aliphatic heterocycles. The Bertz CT molecular complexity index is 1330. The van der Waals surface area contributed by atoms with Gasteiger partial charge in [0.05, 0.1) is 10.2 Å². The smallest absolute Gasteiger partial charge is 0.264 e. The summed E-state index contributed by atoms with van der Waals surface area (Å²) in [6, 6.07) is 16.9. The Morgan fingerprint density at radius 2 is 1.37 bits per heavy atom. The summed E-state index contributed by atoms with van der Waals surface area (Å²) < 4.78 is 12.2. The van der Waals surface area contributed by atoms with Gasteiger partial charge in [0.1, 0.15) is 11.5 Å². The normalized spacial score (nSPS) is 10.7. The summed E-state index contributed by atoms with van der Waals surface area (Å²) in [5, 5.41) is 6.09. The van der Waals surface area contributed by atoms with Crippen molar-refractivity contribution in [3.05, 3.63) is 76.9 Å². The van der Waals surface area contributed by atoms with Crippen LogP contribution in [0.15, 0.2) is 54.6 Å². The van der Waals surface area contributed by atoms with Gasteiger partial charge in [0.15, 0.2) is 18.3 Å². The van der Waals surface area contributed by atoms with Crippen LogP contribution in [0.3, 0.4) is 0 Å². The number of nitrogens with one attached hydrogen (secondary N) is 2. The third-order valence-corrected chi connectivity index (χ3v) is 6.68. The van der Waals surface area contributed by atoms with Crippen LogP contribution in [0.5, 0.6) is 11.5 Å². The maximum absolute atomic E-state index is 12.4. The van der Waals surface area contributed by atoms with Crippen molar-refractivity contribution in [3.8, 4) is 11.5 Å². The van der Waals surface area contributed by atoms with Crippen molar-refractivity contribution < 1.29 is 19.1 Å². The molecule has 0 fully saturated rings. The number of carbonyl (C=O) groups is 2. The van der Waals surface area contributed by atoms with Crippen molar-refractivity contribution in [1.29, 1.82) is 0 Å². The van der Waals surface area contributed by atoms with Crippen LogP contribution in [0.2, 0.25) is 0 Å². The largest absolute Gasteiger partial charge is 0.483 e. The van der Waals surface area contributed by atoms with Crippen LogP contribution >= 0.6 is 11.3 Å². The number of fused-ring (bicyclic) bond motifs is 1. The van der Waals surface area contributed by atoms with Crippen LogP contribution in [0.25, 0.3) is 10.2 Å². The van der Waals surface area contributed by atoms with Gasteiger partial charge in [0.2, 0.25) is 0 Å². The van der Waals surface area contributed by atoms with E-state index in [-0.39, 0.29) is 25.0 Å². The number of carbonyl (C=O) groups excluding carboxylic acids is 2. The fourth-order valence-corrected chi connectivity index (χ4v) is 4.38. The molecule has 35 heavy (non-hydrogen) atoms. The Morgan fingerprint density at radius 3 is 1.97 bits per heavy atom. The highest BCUT2D eigenvalue weighted by Crippen LogP contribution is 2.29. The lowest BCUT2D eigenvalue weighted by Crippen LogP contribution is -2.20. The minimum atomic E-state index is -0.290. The van der Waals surface area contributed by atoms with E-state index < -0.39 is 0 Å². The molecule has 2 N–H and O–H groups in total. The Hall–Kier alpha value is -3.91. The molecule has 4 rings (SSSR count). The first-order chi connectivity index (χ1) is 16.8. The van der Waals surface area contributed by atoms with Crippen molar-refractivity contribution >= 4 is 44.2 Å². The molecule has 0 bridgehead atoms. The first kappa shape index (κ1) is 24.2. The Balaban J connectivity index is 1.33. The average molecular weight is 490 g/mol. The zero-order valence-electron chi connectivity index (χ0n) is 20.1. The Kier molecular flexibility index (Phi) is 7.31. The molecule has 1 heterocycles. The molecule has 8 heteroatoms. The molecule has 1 aromatic heterocycles. The van der Waals surface area contributed by atoms with Gasteiger partial charge in [-0.3, -0.25) is 14.9 Å². The second-order valence-electron chi connectivity index (χ2n) is 8.27. The van der Waals surface area contributed by atoms with Gasteiger partial charge in [-0.05, 0) is 80.3 Å². The third kappa shape index (κ3) is 5.96. The molecule has 4 aromatic rings. The fourth-order valence-electron chi connectivity index (χ4n) is 3.46. The number of rotatable bonds is 8. The summed E-state index contributed by atoms with van der Waals surface area (Å²) in [7, 11) is 0. The minimum absolute atomic E-state index is 0.0905. The quantitative estimate of drug-likeness (QED) is 0.338. The lowest BCUT2D eigenvalue weighted by atomic mass is 10.1. The van der Waals surface area contributed by atoms with Crippen molar-refractivity contribution in [3.63, 3.8) is 0 Å². The highest BCUT2D eigenvalue weighted by molar-refractivity contribution is 7.22. The summed E-state index contributed by atoms with van der Waals surface area (Å²) in [6.07, 6.45) is 0. The molecule has 180 valence electrons. The number of thiazole rings is 1. The lowest BCUT2D eigenvalue weighted by molar-refractivity contribution is -0.118. The highest BCUT2D eigenvalue weighted by atomic mass is 32.1. The summed E-state index contributed by atoms with van der Waals surface area (Å²) in [5.41, 5.74) is 5.60. The second kappa shape index (κ2) is 10.6. The summed E-state index contributed by atoms with van der Waals surface area (Å²) in [6.45, 7) is 7.73. The van der Waals surface area contributed by atoms with Crippen LogP contribution in [-0.4, -0.2) is 30.0 Å². The van der Waals surface area contributed by atoms with E-state index in [2.05, 4.69) is 15.6 Å². The lowest BCUT2D eigenvalue weighted by Gasteiger charge is -2.11. The van der Waals surface area contributed by atoms with E-state index in [4.69, 9.17) is 9.47 Å². The monoisotopic (exact) mass is 489 g/mol. The van der Waals surface area contributed by atoms with Gasteiger partial charge >= 0.3 is 0 Å². The Morgan fingerprint density at radius 1 is 0.800 bits per heavy atom. The maximum Gasteiger partial charge on any atom is 0.264 e. The van der Waals surface area contributed by atoms with Gasteiger partial charge in [-0.15, -0.1) is 0 Å². The molecule has 2 amide bonds. The van der Waals surface area contributed by atoms with Crippen molar-refractivity contribution in [1.82, 2.24) is 4.98 Å². The van der Waals surface area contributed by atoms with Crippen LogP contribution in [0.4, 0.5) is 10.8 Å². The van der Waals surface area contributed by atoms with Gasteiger partial charge in [-0.1, -0.05) is 35.6 Å². The highest BCUT2D eigenvalue weighted by Gasteiger charge is 2.12. The number of ether oxygens (including phenoxy) is 2. The first-order valence-corrected chi connectivity index (χ1v) is 12.0. The van der Waals surface area contributed by atoms with Crippen molar-refractivity contribution in [2.24, 2.45) is 0 Å². The number of amides is 2. The van der Waals surface area contributed by atoms with Crippen LogP contribution in [0, 0.1) is 27.7 Å². The van der Waals surface area contributed by atoms with E-state index in [1.807, 2.05) is 70.2 Å². The molecule has 0 atom stereocenters. The standard InChI is InChI=1S/C27H27N3O4S/c1-16-7-5-9-22(18(16)3)33-14-25(31)28-20-11-12-21-24(13-20)35-27(29-21)30-26(32)15-34-23-10-6-8-17(2)19(23)4/h5-13H,14-15H2,1-4H3,(H,28,31)(H,29,30,32). The van der Waals surface area contributed by atoms with Gasteiger partial charge < -0.3 is 14.8 Å². The van der Waals surface area contributed by atoms with Gasteiger partial charge in [-0.25, -0.2) is 4.98 Å². The number of hydrogen-bond acceptors (Lipinski definition) is 6. The van der Waals surface area contributed by atoms with Crippen LogP contribution in [0.1, 0.15) is 22.3 Å². The van der Waals surface area contributed by atoms with Crippen LogP contribution in [-0.2, 0) is 9.59 Å². The maximum atomic E-state index is 12.4. The van der Waals surface area contributed by atoms with E-state index in [0.717, 1.165) is 32.5 Å². The number of aryl methyl sites for hydroxylation is 2. The number of aromatic nitrogens is 1. The molecule has 0 aliphatic carbocycles. The topological polar surface area (TPSA) is 89.5 Å². The molecule has 0 spiro atoms. The molecule has 0 unspecified atom stereocenters. The SMILES string of the molecule is Cc1cccc(OCC(=O)Nc2ccc3nc(NC(=O)COc4cccc(C)c4C)sc3c2)c1C. The number of anilines is 2. The second-order valence-corrected chi connectivity index (χ2v) is 9.30. The number of nitrogens with zero attached hydrogens (tertiary/aromatic N) is 1. The molecular weight excluding hydrogens is 462 g/mol. The molecule has 0 saturated carbocycles. The molecule has 7 nitrogen and oxygen atoms in total. The predicted octanol–water partition coefficient (Wildman–Crippen LogP) is 5.56. The molecule has 3 aromatic carbocycles. The molecule has 0 saturated heterocycles. The van der Waals surface area contributed by atoms with Gasteiger partial charge in [0, 0.05) is 5.69 Å². The number of hydrogen-bond donors (Lipinski definition) is 2. The zero-order chi connectivity index (χ0) is 24.9. The van der Waals surface area contributed by atoms with E-state index in [0.29, 0.717) is 22.3 Å². The predicted molar refractivity (Wildman–Crippen MR) is 140 cm³/mol. The van der Waals surface area contributed by atoms with Gasteiger partial charge in [0.25, 0.3) is 11.8 Å². The van der Waals surface area contributed by atoms with E-state index in [1.54, 1.807) is 12.1 Å². The van der Waals surface area contributed by atoms with Gasteiger partial charge in [-0.2, -0.15) is 0 Å². The molecule has 0 aliphatic rings. The first-order valence-electron chi connectivity index (χ1n) is 11.2. The van der Waals surface area contributed by atoms with E-state index in [9.17, 15) is 9.59 Å².